The van der Waals surface area contributed by atoms with Gasteiger partial charge >= 0.3 is 187 Å². The zero-order valence-electron chi connectivity index (χ0n) is 18.0. The van der Waals surface area contributed by atoms with Gasteiger partial charge in [0.25, 0.3) is 0 Å². The topological polar surface area (TPSA) is 141 Å². The van der Waals surface area contributed by atoms with E-state index in [1.165, 1.54) is 20.8 Å². The van der Waals surface area contributed by atoms with E-state index in [1.54, 1.807) is 0 Å². The Bertz CT molecular complexity index is 550. The van der Waals surface area contributed by atoms with Gasteiger partial charge in [-0.15, -0.1) is 0 Å². The first kappa shape index (κ1) is 28.5. The van der Waals surface area contributed by atoms with E-state index in [0.717, 1.165) is 20.8 Å². The zero-order chi connectivity index (χ0) is 23.5. The third-order valence-corrected chi connectivity index (χ3v) is 19.0. The Kier molecular flexibility index (Phi) is 12.4. The van der Waals surface area contributed by atoms with Crippen LogP contribution in [0, 0.1) is 0 Å². The monoisotopic (exact) mass is 648 g/mol. The number of carbonyl (C=O) groups is 5. The Morgan fingerprint density at radius 3 is 0.967 bits per heavy atom. The van der Waals surface area contributed by atoms with Crippen molar-refractivity contribution < 1.29 is 42.4 Å². The van der Waals surface area contributed by atoms with Crippen LogP contribution in [0.1, 0.15) is 54.4 Å². The van der Waals surface area contributed by atoms with Gasteiger partial charge in [0.2, 0.25) is 0 Å². The normalized spacial score (nSPS) is 11.0. The number of allylic oxidation sites excluding steroid dienone is 1. The van der Waals surface area contributed by atoms with E-state index in [-0.39, 0.29) is 27.5 Å². The SMILES string of the molecule is C=C(C)[O][Sn]([CH2]CC[CH2][Sn]([O]C(C)=O)([O]C(C)=O)[O]C(C)=O)([O]C(C)=O)[O]C(C)=O. The molecule has 170 valence electrons. The maximum absolute atomic E-state index is 11.5. The van der Waals surface area contributed by atoms with E-state index >= 15 is 0 Å². The fourth-order valence-electron chi connectivity index (χ4n) is 2.47. The van der Waals surface area contributed by atoms with E-state index in [9.17, 15) is 24.0 Å². The summed E-state index contributed by atoms with van der Waals surface area (Å²) in [4.78, 5) is 57.6. The van der Waals surface area contributed by atoms with Crippen molar-refractivity contribution in [3.8, 4) is 0 Å². The van der Waals surface area contributed by atoms with Crippen LogP contribution in [0.4, 0.5) is 0 Å². The summed E-state index contributed by atoms with van der Waals surface area (Å²) in [5.41, 5.74) is 0. The first-order chi connectivity index (χ1) is 13.7. The molecule has 0 aliphatic carbocycles. The third kappa shape index (κ3) is 12.2. The molecule has 11 nitrogen and oxygen atoms in total. The van der Waals surface area contributed by atoms with Crippen molar-refractivity contribution >= 4 is 69.1 Å². The van der Waals surface area contributed by atoms with Gasteiger partial charge in [0, 0.05) is 0 Å². The summed E-state index contributed by atoms with van der Waals surface area (Å²) < 4.78 is 31.8. The van der Waals surface area contributed by atoms with Gasteiger partial charge in [-0.3, -0.25) is 0 Å². The van der Waals surface area contributed by atoms with Gasteiger partial charge in [0.05, 0.1) is 0 Å². The van der Waals surface area contributed by atoms with Crippen molar-refractivity contribution in [3.63, 3.8) is 0 Å². The first-order valence-corrected chi connectivity index (χ1v) is 20.1. The number of hydrogen-bond acceptors (Lipinski definition) is 11. The van der Waals surface area contributed by atoms with Crippen LogP contribution in [-0.4, -0.2) is 69.1 Å². The Hall–Kier alpha value is -1.51. The average molecular weight is 646 g/mol. The molecule has 0 aliphatic rings. The van der Waals surface area contributed by atoms with E-state index < -0.39 is 69.1 Å². The molecule has 0 fully saturated rings. The van der Waals surface area contributed by atoms with Gasteiger partial charge in [0.15, 0.2) is 0 Å². The molecule has 0 rings (SSSR count). The van der Waals surface area contributed by atoms with Gasteiger partial charge in [0.1, 0.15) is 0 Å². The quantitative estimate of drug-likeness (QED) is 0.175. The van der Waals surface area contributed by atoms with E-state index in [0.29, 0.717) is 0 Å². The fourth-order valence-corrected chi connectivity index (χ4v) is 16.6. The predicted octanol–water partition coefficient (Wildman–Crippen LogP) is 2.01. The van der Waals surface area contributed by atoms with Crippen LogP contribution in [0.3, 0.4) is 0 Å². The summed E-state index contributed by atoms with van der Waals surface area (Å²) >= 11 is -9.53. The summed E-state index contributed by atoms with van der Waals surface area (Å²) in [6.45, 7) is 10.8. The van der Waals surface area contributed by atoms with Crippen LogP contribution < -0.4 is 0 Å². The van der Waals surface area contributed by atoms with Crippen LogP contribution in [0.5, 0.6) is 0 Å². The van der Waals surface area contributed by atoms with Crippen molar-refractivity contribution in [2.24, 2.45) is 0 Å². The van der Waals surface area contributed by atoms with Gasteiger partial charge in [-0.2, -0.15) is 0 Å². The summed E-state index contributed by atoms with van der Waals surface area (Å²) in [5, 5.41) is 0. The molecule has 0 bridgehead atoms. The average Bonchev–Trinajstić information content (AvgIpc) is 2.47. The molecule has 0 aromatic carbocycles. The maximum atomic E-state index is 11.5. The van der Waals surface area contributed by atoms with Crippen molar-refractivity contribution in [2.75, 3.05) is 0 Å². The fraction of sp³-hybridized carbons (Fsp3) is 0.588. The molecule has 0 amide bonds. The van der Waals surface area contributed by atoms with E-state index in [4.69, 9.17) is 18.4 Å². The molecule has 0 saturated carbocycles. The van der Waals surface area contributed by atoms with Crippen LogP contribution in [0.25, 0.3) is 0 Å². The summed E-state index contributed by atoms with van der Waals surface area (Å²) in [5.74, 6) is -3.34. The second kappa shape index (κ2) is 13.0. The molecule has 0 saturated heterocycles. The van der Waals surface area contributed by atoms with Crippen molar-refractivity contribution in [2.45, 2.75) is 63.3 Å². The Labute approximate surface area is 186 Å². The molecular formula is C17H28O11Sn2. The molecule has 0 radical (unpaired) electrons. The standard InChI is InChI=1S/C4H8.C3H6O.5C2H4O2.2Sn/c1-3-4-2;1-3(2)4;5*1-2(3)4;;/h1-4H2;4H,1H2,2H3;5*1H3,(H,3,4);;/q;;;;;;;2*+3/p-6. The van der Waals surface area contributed by atoms with Crippen LogP contribution in [-0.2, 0) is 42.4 Å². The van der Waals surface area contributed by atoms with Crippen LogP contribution in [0.15, 0.2) is 12.3 Å². The summed E-state index contributed by atoms with van der Waals surface area (Å²) in [6.07, 6.45) is 0.539. The molecule has 0 aromatic rings. The number of carbonyl (C=O) groups excluding carboxylic acids is 5. The van der Waals surface area contributed by atoms with Crippen molar-refractivity contribution in [3.05, 3.63) is 12.3 Å². The number of rotatable bonds is 12. The molecule has 0 heterocycles. The second-order valence-corrected chi connectivity index (χ2v) is 20.5. The van der Waals surface area contributed by atoms with Crippen molar-refractivity contribution in [1.29, 1.82) is 0 Å². The first-order valence-electron chi connectivity index (χ1n) is 9.03. The van der Waals surface area contributed by atoms with Crippen molar-refractivity contribution in [1.82, 2.24) is 0 Å². The molecule has 0 N–H and O–H groups in total. The zero-order valence-corrected chi connectivity index (χ0v) is 23.7. The Morgan fingerprint density at radius 1 is 0.533 bits per heavy atom. The van der Waals surface area contributed by atoms with E-state index in [1.807, 2.05) is 0 Å². The van der Waals surface area contributed by atoms with Crippen LogP contribution >= 0.6 is 0 Å². The molecule has 30 heavy (non-hydrogen) atoms. The number of unbranched alkanes of at least 4 members (excludes halogenated alkanes) is 1. The minimum atomic E-state index is -4.87. The van der Waals surface area contributed by atoms with Gasteiger partial charge < -0.3 is 0 Å². The minimum absolute atomic E-state index is 0.00256. The molecular weight excluding hydrogens is 618 g/mol. The molecule has 0 aromatic heterocycles. The van der Waals surface area contributed by atoms with Crippen LogP contribution in [0.2, 0.25) is 8.87 Å². The summed E-state index contributed by atoms with van der Waals surface area (Å²) in [6, 6.07) is 0. The Balaban J connectivity index is 5.46. The molecule has 0 spiro atoms. The summed E-state index contributed by atoms with van der Waals surface area (Å²) in [7, 11) is 0. The molecule has 13 heteroatoms. The van der Waals surface area contributed by atoms with Gasteiger partial charge in [-0.1, -0.05) is 0 Å². The molecule has 0 atom stereocenters. The van der Waals surface area contributed by atoms with Gasteiger partial charge in [-0.25, -0.2) is 0 Å². The predicted molar refractivity (Wildman–Crippen MR) is 105 cm³/mol. The third-order valence-electron chi connectivity index (χ3n) is 3.04. The Morgan fingerprint density at radius 2 is 0.767 bits per heavy atom. The van der Waals surface area contributed by atoms with Gasteiger partial charge in [-0.05, 0) is 0 Å². The second-order valence-electron chi connectivity index (χ2n) is 6.35. The molecule has 0 unspecified atom stereocenters. The number of hydrogen-bond donors (Lipinski definition) is 0. The van der Waals surface area contributed by atoms with E-state index in [2.05, 4.69) is 6.58 Å². The molecule has 0 aliphatic heterocycles.